The van der Waals surface area contributed by atoms with Crippen LogP contribution in [0.2, 0.25) is 10.0 Å². The Morgan fingerprint density at radius 2 is 1.67 bits per heavy atom. The van der Waals surface area contributed by atoms with E-state index in [1.54, 1.807) is 49.6 Å². The van der Waals surface area contributed by atoms with E-state index in [-0.39, 0.29) is 32.3 Å². The van der Waals surface area contributed by atoms with Crippen LogP contribution in [0.5, 0.6) is 5.75 Å². The van der Waals surface area contributed by atoms with E-state index in [9.17, 15) is 19.5 Å². The molecule has 1 aromatic heterocycles. The number of para-hydroxylation sites is 1. The minimum Gasteiger partial charge on any atom is -0.497 e. The number of rotatable bonds is 8. The molecule has 1 aliphatic rings. The van der Waals surface area contributed by atoms with Crippen LogP contribution in [-0.4, -0.2) is 40.6 Å². The molecule has 1 aliphatic carbocycles. The van der Waals surface area contributed by atoms with Gasteiger partial charge < -0.3 is 20.5 Å². The number of anilines is 2. The van der Waals surface area contributed by atoms with Crippen molar-refractivity contribution in [3.05, 3.63) is 58.2 Å². The van der Waals surface area contributed by atoms with E-state index >= 15 is 0 Å². The van der Waals surface area contributed by atoms with Gasteiger partial charge >= 0.3 is 12.0 Å². The number of aliphatic carboxylic acids is 1. The van der Waals surface area contributed by atoms with Crippen molar-refractivity contribution in [2.24, 2.45) is 5.92 Å². The molecule has 4 N–H and O–H groups in total. The zero-order valence-corrected chi connectivity index (χ0v) is 23.7. The van der Waals surface area contributed by atoms with Crippen molar-refractivity contribution in [3.8, 4) is 16.3 Å². The van der Waals surface area contributed by atoms with Gasteiger partial charge in [-0.15, -0.1) is 0 Å². The average molecular weight is 592 g/mol. The number of hydrogen-bond acceptors (Lipinski definition) is 6. The number of methoxy groups -OCH3 is 1. The van der Waals surface area contributed by atoms with E-state index in [4.69, 9.17) is 27.9 Å². The third kappa shape index (κ3) is 6.46. The number of carbonyl (C=O) groups excluding carboxylic acids is 2. The number of amides is 3. The van der Waals surface area contributed by atoms with E-state index in [1.165, 1.54) is 6.92 Å². The molecule has 0 bridgehead atoms. The molecule has 0 unspecified atom stereocenters. The summed E-state index contributed by atoms with van der Waals surface area (Å²) in [6, 6.07) is 11.2. The molecule has 0 aliphatic heterocycles. The smallest absolute Gasteiger partial charge is 0.329 e. The first-order valence-electron chi connectivity index (χ1n) is 12.4. The van der Waals surface area contributed by atoms with Gasteiger partial charge in [-0.05, 0) is 62.1 Å². The number of ether oxygens (including phenoxy) is 1. The number of nitrogens with one attached hydrogen (secondary N) is 3. The highest BCUT2D eigenvalue weighted by atomic mass is 35.5. The van der Waals surface area contributed by atoms with Gasteiger partial charge in [-0.3, -0.25) is 10.1 Å². The molecular weight excluding hydrogens is 563 g/mol. The van der Waals surface area contributed by atoms with Gasteiger partial charge in [0.2, 0.25) is 0 Å². The lowest BCUT2D eigenvalue weighted by Gasteiger charge is -2.36. The van der Waals surface area contributed by atoms with Gasteiger partial charge in [-0.25, -0.2) is 14.6 Å². The topological polar surface area (TPSA) is 130 Å². The van der Waals surface area contributed by atoms with Crippen LogP contribution in [-0.2, 0) is 4.79 Å². The van der Waals surface area contributed by atoms with Crippen LogP contribution in [0.4, 0.5) is 15.5 Å². The molecule has 1 heterocycles. The number of benzene rings is 2. The van der Waals surface area contributed by atoms with Crippen molar-refractivity contribution in [3.63, 3.8) is 0 Å². The Bertz CT molecular complexity index is 1350. The zero-order valence-electron chi connectivity index (χ0n) is 21.3. The van der Waals surface area contributed by atoms with Crippen LogP contribution in [0.3, 0.4) is 0 Å². The van der Waals surface area contributed by atoms with E-state index < -0.39 is 23.4 Å². The second-order valence-electron chi connectivity index (χ2n) is 9.40. The van der Waals surface area contributed by atoms with E-state index in [1.807, 2.05) is 0 Å². The van der Waals surface area contributed by atoms with Crippen LogP contribution in [0.1, 0.15) is 49.5 Å². The molecule has 0 radical (unpaired) electrons. The van der Waals surface area contributed by atoms with E-state index in [0.29, 0.717) is 29.2 Å². The lowest BCUT2D eigenvalue weighted by molar-refractivity contribution is -0.146. The minimum absolute atomic E-state index is 0.102. The number of carboxylic acids is 1. The molecule has 1 atom stereocenters. The van der Waals surface area contributed by atoms with Crippen molar-refractivity contribution in [1.29, 1.82) is 0 Å². The molecule has 3 aromatic rings. The predicted octanol–water partition coefficient (Wildman–Crippen LogP) is 6.92. The fourth-order valence-electron chi connectivity index (χ4n) is 4.59. The molecule has 4 rings (SSSR count). The fraction of sp³-hybridized carbons (Fsp3) is 0.333. The summed E-state index contributed by atoms with van der Waals surface area (Å²) >= 11 is 13.4. The van der Waals surface area contributed by atoms with Crippen LogP contribution in [0.15, 0.2) is 42.5 Å². The summed E-state index contributed by atoms with van der Waals surface area (Å²) in [4.78, 5) is 43.3. The highest BCUT2D eigenvalue weighted by Gasteiger charge is 2.44. The number of aromatic nitrogens is 1. The van der Waals surface area contributed by atoms with Gasteiger partial charge in [0, 0.05) is 5.56 Å². The Balaban J connectivity index is 1.66. The van der Waals surface area contributed by atoms with Crippen molar-refractivity contribution < 1.29 is 24.2 Å². The Labute approximate surface area is 239 Å². The normalized spacial score (nSPS) is 15.2. The summed E-state index contributed by atoms with van der Waals surface area (Å²) < 4.78 is 5.21. The first-order valence-corrected chi connectivity index (χ1v) is 13.9. The maximum absolute atomic E-state index is 13.6. The highest BCUT2D eigenvalue weighted by molar-refractivity contribution is 7.19. The van der Waals surface area contributed by atoms with Crippen LogP contribution in [0, 0.1) is 5.92 Å². The van der Waals surface area contributed by atoms with Gasteiger partial charge in [0.05, 0.1) is 22.8 Å². The number of urea groups is 1. The summed E-state index contributed by atoms with van der Waals surface area (Å²) in [6.45, 7) is 1.53. The highest BCUT2D eigenvalue weighted by Crippen LogP contribution is 2.36. The van der Waals surface area contributed by atoms with Gasteiger partial charge in [0.25, 0.3) is 5.91 Å². The van der Waals surface area contributed by atoms with Gasteiger partial charge in [0.15, 0.2) is 5.69 Å². The monoisotopic (exact) mass is 590 g/mol. The Morgan fingerprint density at radius 3 is 2.26 bits per heavy atom. The first-order chi connectivity index (χ1) is 18.6. The second-order valence-corrected chi connectivity index (χ2v) is 11.2. The van der Waals surface area contributed by atoms with Crippen LogP contribution in [0.25, 0.3) is 10.6 Å². The molecule has 39 heavy (non-hydrogen) atoms. The average Bonchev–Trinajstić information content (AvgIpc) is 3.35. The third-order valence-corrected chi connectivity index (χ3v) is 8.50. The summed E-state index contributed by atoms with van der Waals surface area (Å²) in [5, 5.41) is 19.1. The Morgan fingerprint density at radius 1 is 1.03 bits per heavy atom. The van der Waals surface area contributed by atoms with E-state index in [2.05, 4.69) is 20.9 Å². The fourth-order valence-corrected chi connectivity index (χ4v) is 6.04. The summed E-state index contributed by atoms with van der Waals surface area (Å²) in [7, 11) is 1.55. The van der Waals surface area contributed by atoms with Gasteiger partial charge in [-0.1, -0.05) is 59.9 Å². The molecule has 1 saturated carbocycles. The summed E-state index contributed by atoms with van der Waals surface area (Å²) in [6.07, 6.45) is 4.24. The molecule has 0 spiro atoms. The van der Waals surface area contributed by atoms with Crippen LogP contribution < -0.4 is 20.7 Å². The standard InChI is InChI=1S/C27H28Cl2N4O5S/c1-27(25(35)36,16-7-4-3-5-8-16)33-22(34)21-24(32-26(37)31-20-18(28)9-6-10-19(20)29)39-23(30-21)15-11-13-17(38-2)14-12-15/h6,9-14,16H,3-5,7-8H2,1-2H3,(H,33,34)(H,35,36)(H2,31,32,37)/t27-/m0/s1. The molecule has 206 valence electrons. The molecule has 0 saturated heterocycles. The molecular formula is C27H28Cl2N4O5S. The maximum atomic E-state index is 13.6. The molecule has 3 amide bonds. The molecule has 2 aromatic carbocycles. The number of hydrogen-bond donors (Lipinski definition) is 4. The quantitative estimate of drug-likeness (QED) is 0.225. The number of carbonyl (C=O) groups is 3. The molecule has 9 nitrogen and oxygen atoms in total. The number of carboxylic acid groups (broad SMARTS) is 1. The summed E-state index contributed by atoms with van der Waals surface area (Å²) in [5.41, 5.74) is -0.702. The lowest BCUT2D eigenvalue weighted by Crippen LogP contribution is -2.57. The Hall–Kier alpha value is -3.34. The van der Waals surface area contributed by atoms with Crippen molar-refractivity contribution >= 4 is 63.1 Å². The lowest BCUT2D eigenvalue weighted by atomic mass is 9.75. The SMILES string of the molecule is COc1ccc(-c2nc(C(=O)N[C@](C)(C(=O)O)C3CCCCC3)c(NC(=O)Nc3c(Cl)cccc3Cl)s2)cc1. The first kappa shape index (κ1) is 28.7. The zero-order chi connectivity index (χ0) is 28.2. The summed E-state index contributed by atoms with van der Waals surface area (Å²) in [5.74, 6) is -1.40. The predicted molar refractivity (Wildman–Crippen MR) is 153 cm³/mol. The van der Waals surface area contributed by atoms with Gasteiger partial charge in [0.1, 0.15) is 21.3 Å². The van der Waals surface area contributed by atoms with Gasteiger partial charge in [-0.2, -0.15) is 0 Å². The van der Waals surface area contributed by atoms with Crippen molar-refractivity contribution in [1.82, 2.24) is 10.3 Å². The number of nitrogens with zero attached hydrogens (tertiary/aromatic N) is 1. The minimum atomic E-state index is -1.49. The van der Waals surface area contributed by atoms with Crippen molar-refractivity contribution in [2.75, 3.05) is 17.7 Å². The number of halogens is 2. The van der Waals surface area contributed by atoms with Crippen LogP contribution >= 0.6 is 34.5 Å². The molecule has 12 heteroatoms. The van der Waals surface area contributed by atoms with E-state index in [0.717, 1.165) is 30.6 Å². The third-order valence-electron chi connectivity index (χ3n) is 6.85. The van der Waals surface area contributed by atoms with Crippen molar-refractivity contribution in [2.45, 2.75) is 44.6 Å². The second kappa shape index (κ2) is 12.2. The maximum Gasteiger partial charge on any atom is 0.329 e. The number of thiazole rings is 1. The largest absolute Gasteiger partial charge is 0.497 e. The Kier molecular flexibility index (Phi) is 8.99. The molecule has 1 fully saturated rings.